The zero-order valence-corrected chi connectivity index (χ0v) is 7.60. The van der Waals surface area contributed by atoms with Crippen molar-refractivity contribution in [3.63, 3.8) is 0 Å². The summed E-state index contributed by atoms with van der Waals surface area (Å²) in [5, 5.41) is 8.77. The average Bonchev–Trinajstić information content (AvgIpc) is 2.03. The normalized spacial score (nSPS) is 15.5. The van der Waals surface area contributed by atoms with Crippen LogP contribution in [-0.2, 0) is 16.3 Å². The summed E-state index contributed by atoms with van der Waals surface area (Å²) in [6, 6.07) is 6.65. The molecule has 0 aromatic heterocycles. The molecule has 0 unspecified atom stereocenters. The SMILES string of the molecule is C[S@](=N)(=O)c1cccc(CO)c1. The predicted octanol–water partition coefficient (Wildman–Crippen LogP) is 1.21. The van der Waals surface area contributed by atoms with Crippen molar-refractivity contribution in [2.24, 2.45) is 0 Å². The molecule has 3 nitrogen and oxygen atoms in total. The number of rotatable bonds is 2. The van der Waals surface area contributed by atoms with Crippen molar-refractivity contribution in [1.82, 2.24) is 0 Å². The maximum Gasteiger partial charge on any atom is 0.0696 e. The van der Waals surface area contributed by atoms with Gasteiger partial charge in [0.05, 0.1) is 16.3 Å². The third-order valence-electron chi connectivity index (χ3n) is 1.53. The highest BCUT2D eigenvalue weighted by atomic mass is 32.2. The number of hydrogen-bond donors (Lipinski definition) is 2. The Balaban J connectivity index is 3.20. The minimum atomic E-state index is -2.65. The van der Waals surface area contributed by atoms with E-state index in [-0.39, 0.29) is 6.61 Å². The molecular weight excluding hydrogens is 174 g/mol. The molecule has 66 valence electrons. The fourth-order valence-corrected chi connectivity index (χ4v) is 1.60. The van der Waals surface area contributed by atoms with Gasteiger partial charge in [0.25, 0.3) is 0 Å². The fraction of sp³-hybridized carbons (Fsp3) is 0.250. The zero-order chi connectivity index (χ0) is 9.19. The molecule has 0 saturated heterocycles. The largest absolute Gasteiger partial charge is 0.392 e. The van der Waals surface area contributed by atoms with Crippen molar-refractivity contribution < 1.29 is 9.32 Å². The van der Waals surface area contributed by atoms with Gasteiger partial charge in [-0.2, -0.15) is 0 Å². The van der Waals surface area contributed by atoms with E-state index < -0.39 is 9.73 Å². The van der Waals surface area contributed by atoms with Gasteiger partial charge < -0.3 is 5.11 Å². The smallest absolute Gasteiger partial charge is 0.0696 e. The minimum absolute atomic E-state index is 0.0800. The first-order valence-corrected chi connectivity index (χ1v) is 5.44. The van der Waals surface area contributed by atoms with E-state index in [1.54, 1.807) is 24.3 Å². The van der Waals surface area contributed by atoms with Gasteiger partial charge in [-0.25, -0.2) is 8.99 Å². The Labute approximate surface area is 72.0 Å². The van der Waals surface area contributed by atoms with E-state index in [2.05, 4.69) is 0 Å². The van der Waals surface area contributed by atoms with Crippen LogP contribution in [0.5, 0.6) is 0 Å². The van der Waals surface area contributed by atoms with Gasteiger partial charge in [0.1, 0.15) is 0 Å². The summed E-state index contributed by atoms with van der Waals surface area (Å²) < 4.78 is 18.5. The molecule has 1 atom stereocenters. The van der Waals surface area contributed by atoms with Gasteiger partial charge in [-0.1, -0.05) is 12.1 Å². The van der Waals surface area contributed by atoms with Crippen LogP contribution in [0.3, 0.4) is 0 Å². The predicted molar refractivity (Wildman–Crippen MR) is 47.4 cm³/mol. The molecule has 1 aromatic rings. The summed E-state index contributed by atoms with van der Waals surface area (Å²) in [4.78, 5) is 0.467. The number of benzene rings is 1. The summed E-state index contributed by atoms with van der Waals surface area (Å²) in [5.74, 6) is 0. The monoisotopic (exact) mass is 185 g/mol. The average molecular weight is 185 g/mol. The van der Waals surface area contributed by atoms with E-state index in [9.17, 15) is 4.21 Å². The lowest BCUT2D eigenvalue weighted by Crippen LogP contribution is -1.95. The van der Waals surface area contributed by atoms with Crippen LogP contribution in [0.2, 0.25) is 0 Å². The maximum absolute atomic E-state index is 11.2. The lowest BCUT2D eigenvalue weighted by molar-refractivity contribution is 0.281. The lowest BCUT2D eigenvalue weighted by Gasteiger charge is -2.02. The molecule has 0 amide bonds. The molecule has 0 fully saturated rings. The first-order valence-electron chi connectivity index (χ1n) is 3.47. The van der Waals surface area contributed by atoms with Gasteiger partial charge in [0.15, 0.2) is 0 Å². The molecule has 0 aliphatic rings. The second kappa shape index (κ2) is 3.25. The Hall–Kier alpha value is -0.870. The number of nitrogens with one attached hydrogen (secondary N) is 1. The zero-order valence-electron chi connectivity index (χ0n) is 6.78. The van der Waals surface area contributed by atoms with Crippen molar-refractivity contribution in [2.45, 2.75) is 11.5 Å². The van der Waals surface area contributed by atoms with E-state index in [1.807, 2.05) is 0 Å². The fourth-order valence-electron chi connectivity index (χ4n) is 0.886. The van der Waals surface area contributed by atoms with Crippen LogP contribution in [0.25, 0.3) is 0 Å². The van der Waals surface area contributed by atoms with Crippen molar-refractivity contribution in [3.05, 3.63) is 29.8 Å². The standard InChI is InChI=1S/C8H11NO2S/c1-12(9,11)8-4-2-3-7(5-8)6-10/h2-5,9-10H,6H2,1H3/t12-/m0/s1. The molecule has 2 N–H and O–H groups in total. The Morgan fingerprint density at radius 1 is 1.58 bits per heavy atom. The molecule has 0 aliphatic heterocycles. The van der Waals surface area contributed by atoms with Crippen LogP contribution in [0, 0.1) is 4.78 Å². The molecule has 4 heteroatoms. The molecule has 0 spiro atoms. The summed E-state index contributed by atoms with van der Waals surface area (Å²) in [5.41, 5.74) is 0.689. The highest BCUT2D eigenvalue weighted by molar-refractivity contribution is 7.91. The number of aliphatic hydroxyl groups is 1. The summed E-state index contributed by atoms with van der Waals surface area (Å²) in [6.07, 6.45) is 1.36. The first-order chi connectivity index (χ1) is 5.54. The molecule has 0 heterocycles. The van der Waals surface area contributed by atoms with Gasteiger partial charge in [-0.05, 0) is 17.7 Å². The Morgan fingerprint density at radius 2 is 2.25 bits per heavy atom. The minimum Gasteiger partial charge on any atom is -0.392 e. The Bertz CT molecular complexity index is 370. The van der Waals surface area contributed by atoms with Gasteiger partial charge in [-0.15, -0.1) is 0 Å². The quantitative estimate of drug-likeness (QED) is 0.727. The Kier molecular flexibility index (Phi) is 2.49. The van der Waals surface area contributed by atoms with Crippen LogP contribution in [0.4, 0.5) is 0 Å². The molecule has 0 radical (unpaired) electrons. The maximum atomic E-state index is 11.2. The van der Waals surface area contributed by atoms with E-state index in [4.69, 9.17) is 9.89 Å². The van der Waals surface area contributed by atoms with Gasteiger partial charge >= 0.3 is 0 Å². The second-order valence-electron chi connectivity index (χ2n) is 2.65. The molecule has 1 aromatic carbocycles. The van der Waals surface area contributed by atoms with Gasteiger partial charge in [0, 0.05) is 11.2 Å². The van der Waals surface area contributed by atoms with E-state index >= 15 is 0 Å². The summed E-state index contributed by atoms with van der Waals surface area (Å²) in [7, 11) is -2.65. The van der Waals surface area contributed by atoms with Crippen molar-refractivity contribution >= 4 is 9.73 Å². The van der Waals surface area contributed by atoms with Crippen LogP contribution < -0.4 is 0 Å². The molecule has 0 aliphatic carbocycles. The number of hydrogen-bond acceptors (Lipinski definition) is 3. The third-order valence-corrected chi connectivity index (χ3v) is 2.68. The van der Waals surface area contributed by atoms with Crippen LogP contribution in [-0.4, -0.2) is 15.6 Å². The molecule has 0 bridgehead atoms. The van der Waals surface area contributed by atoms with Crippen LogP contribution in [0.1, 0.15) is 5.56 Å². The van der Waals surface area contributed by atoms with Crippen molar-refractivity contribution in [2.75, 3.05) is 6.26 Å². The van der Waals surface area contributed by atoms with Crippen molar-refractivity contribution in [1.29, 1.82) is 4.78 Å². The Morgan fingerprint density at radius 3 is 2.75 bits per heavy atom. The van der Waals surface area contributed by atoms with Crippen LogP contribution in [0.15, 0.2) is 29.2 Å². The molecule has 0 saturated carbocycles. The second-order valence-corrected chi connectivity index (χ2v) is 4.81. The lowest BCUT2D eigenvalue weighted by atomic mass is 10.2. The summed E-state index contributed by atoms with van der Waals surface area (Å²) in [6.45, 7) is -0.0800. The first kappa shape index (κ1) is 9.22. The van der Waals surface area contributed by atoms with E-state index in [0.29, 0.717) is 10.5 Å². The van der Waals surface area contributed by atoms with Crippen molar-refractivity contribution in [3.8, 4) is 0 Å². The molecule has 1 rings (SSSR count). The van der Waals surface area contributed by atoms with Crippen LogP contribution >= 0.6 is 0 Å². The topological polar surface area (TPSA) is 61.2 Å². The van der Waals surface area contributed by atoms with E-state index in [1.165, 1.54) is 6.26 Å². The van der Waals surface area contributed by atoms with E-state index in [0.717, 1.165) is 0 Å². The molecule has 12 heavy (non-hydrogen) atoms. The van der Waals surface area contributed by atoms with Gasteiger partial charge in [-0.3, -0.25) is 0 Å². The van der Waals surface area contributed by atoms with Gasteiger partial charge in [0.2, 0.25) is 0 Å². The molecular formula is C8H11NO2S. The highest BCUT2D eigenvalue weighted by Gasteiger charge is 2.02. The summed E-state index contributed by atoms with van der Waals surface area (Å²) >= 11 is 0. The third kappa shape index (κ3) is 2.06. The highest BCUT2D eigenvalue weighted by Crippen LogP contribution is 2.11. The number of aliphatic hydroxyl groups excluding tert-OH is 1.